The first-order valence-corrected chi connectivity index (χ1v) is 10.9. The SMILES string of the molecule is O=C(NN(C(=O)OCC(Cl)(Cl)Cl)[C@H]1CC=C[C@@H]1C(=O)c1ccccc1)OCC(Cl)(Cl)Cl. The maximum Gasteiger partial charge on any atom is 0.429 e. The molecule has 0 fully saturated rings. The number of ether oxygens (including phenoxy) is 2. The molecular formula is C18H16Cl6N2O5. The summed E-state index contributed by atoms with van der Waals surface area (Å²) in [5.74, 6) is -1.05. The molecule has 0 saturated carbocycles. The number of hydrazine groups is 1. The van der Waals surface area contributed by atoms with Gasteiger partial charge in [0.25, 0.3) is 0 Å². The second-order valence-electron chi connectivity index (χ2n) is 6.33. The van der Waals surface area contributed by atoms with Crippen molar-refractivity contribution in [3.63, 3.8) is 0 Å². The van der Waals surface area contributed by atoms with Gasteiger partial charge in [0.05, 0.1) is 12.0 Å². The molecule has 170 valence electrons. The number of alkyl halides is 6. The lowest BCUT2D eigenvalue weighted by Gasteiger charge is -2.31. The average Bonchev–Trinajstić information content (AvgIpc) is 3.17. The minimum atomic E-state index is -1.88. The van der Waals surface area contributed by atoms with E-state index in [0.29, 0.717) is 5.56 Å². The molecule has 2 rings (SSSR count). The molecule has 0 bridgehead atoms. The van der Waals surface area contributed by atoms with Crippen molar-refractivity contribution in [3.8, 4) is 0 Å². The van der Waals surface area contributed by atoms with Crippen LogP contribution >= 0.6 is 69.6 Å². The van der Waals surface area contributed by atoms with Gasteiger partial charge in [-0.05, 0) is 6.42 Å². The number of carbonyl (C=O) groups is 3. The quantitative estimate of drug-likeness (QED) is 0.221. The summed E-state index contributed by atoms with van der Waals surface area (Å²) in [5, 5.41) is 0.794. The first kappa shape index (κ1) is 26.2. The van der Waals surface area contributed by atoms with Gasteiger partial charge in [-0.2, -0.15) is 0 Å². The van der Waals surface area contributed by atoms with Gasteiger partial charge in [-0.1, -0.05) is 112 Å². The third-order valence-corrected chi connectivity index (χ3v) is 4.62. The summed E-state index contributed by atoms with van der Waals surface area (Å²) in [4.78, 5) is 37.8. The van der Waals surface area contributed by atoms with Crippen LogP contribution in [0.5, 0.6) is 0 Å². The topological polar surface area (TPSA) is 84.9 Å². The largest absolute Gasteiger partial charge is 0.444 e. The van der Waals surface area contributed by atoms with Crippen LogP contribution in [0.1, 0.15) is 16.8 Å². The Kier molecular flexibility index (Phi) is 9.42. The molecule has 31 heavy (non-hydrogen) atoms. The number of nitrogens with one attached hydrogen (secondary N) is 1. The van der Waals surface area contributed by atoms with Crippen molar-refractivity contribution in [1.82, 2.24) is 10.4 Å². The van der Waals surface area contributed by atoms with E-state index in [0.717, 1.165) is 5.01 Å². The van der Waals surface area contributed by atoms with Crippen LogP contribution in [0.3, 0.4) is 0 Å². The number of Topliss-reactive ketones (excluding diaryl/α,β-unsaturated/α-hetero) is 1. The van der Waals surface area contributed by atoms with Gasteiger partial charge in [0.1, 0.15) is 13.2 Å². The van der Waals surface area contributed by atoms with Crippen LogP contribution in [0.15, 0.2) is 42.5 Å². The fourth-order valence-corrected chi connectivity index (χ4v) is 3.04. The molecule has 1 aromatic carbocycles. The van der Waals surface area contributed by atoms with Gasteiger partial charge in [-0.15, -0.1) is 0 Å². The molecule has 2 amide bonds. The predicted molar refractivity (Wildman–Crippen MR) is 120 cm³/mol. The lowest BCUT2D eigenvalue weighted by atomic mass is 9.93. The molecule has 1 aliphatic carbocycles. The number of hydrogen-bond donors (Lipinski definition) is 1. The van der Waals surface area contributed by atoms with E-state index in [1.807, 2.05) is 0 Å². The van der Waals surface area contributed by atoms with E-state index in [9.17, 15) is 14.4 Å². The molecule has 13 heteroatoms. The number of nitrogens with zero attached hydrogens (tertiary/aromatic N) is 1. The van der Waals surface area contributed by atoms with E-state index < -0.39 is 44.9 Å². The third-order valence-electron chi connectivity index (χ3n) is 3.96. The number of rotatable bonds is 5. The van der Waals surface area contributed by atoms with Crippen LogP contribution in [-0.2, 0) is 9.47 Å². The smallest absolute Gasteiger partial charge is 0.429 e. The average molecular weight is 553 g/mol. The van der Waals surface area contributed by atoms with Crippen LogP contribution in [0.2, 0.25) is 0 Å². The van der Waals surface area contributed by atoms with Gasteiger partial charge in [0.2, 0.25) is 7.59 Å². The molecule has 1 N–H and O–H groups in total. The van der Waals surface area contributed by atoms with Crippen molar-refractivity contribution in [3.05, 3.63) is 48.0 Å². The molecule has 0 saturated heterocycles. The van der Waals surface area contributed by atoms with E-state index >= 15 is 0 Å². The number of halogens is 6. The van der Waals surface area contributed by atoms with Gasteiger partial charge in [0, 0.05) is 5.56 Å². The van der Waals surface area contributed by atoms with Gasteiger partial charge < -0.3 is 9.47 Å². The first-order valence-electron chi connectivity index (χ1n) is 8.66. The zero-order chi connectivity index (χ0) is 23.2. The normalized spacial score (nSPS) is 18.4. The molecule has 0 aliphatic heterocycles. The molecule has 0 unspecified atom stereocenters. The standard InChI is InChI=1S/C18H16Cl6N2O5/c19-17(20,21)9-30-15(28)25-26(16(29)31-10-18(22,23)24)13-8-4-7-12(13)14(27)11-5-2-1-3-6-11/h1-7,12-13H,8-10H2,(H,25,28)/t12-,13-/m0/s1. The maximum atomic E-state index is 13.0. The van der Waals surface area contributed by atoms with Crippen LogP contribution < -0.4 is 5.43 Å². The molecule has 0 aromatic heterocycles. The highest BCUT2D eigenvalue weighted by Gasteiger charge is 2.39. The van der Waals surface area contributed by atoms with Gasteiger partial charge >= 0.3 is 12.2 Å². The summed E-state index contributed by atoms with van der Waals surface area (Å²) >= 11 is 33.5. The number of ketones is 1. The minimum Gasteiger partial charge on any atom is -0.444 e. The fraction of sp³-hybridized carbons (Fsp3) is 0.389. The summed E-state index contributed by atoms with van der Waals surface area (Å²) in [6.45, 7) is -1.19. The van der Waals surface area contributed by atoms with Crippen molar-refractivity contribution in [2.24, 2.45) is 5.92 Å². The molecule has 1 aliphatic rings. The molecule has 1 aromatic rings. The highest BCUT2D eigenvalue weighted by atomic mass is 35.6. The Morgan fingerprint density at radius 3 is 2.13 bits per heavy atom. The maximum absolute atomic E-state index is 13.0. The fourth-order valence-electron chi connectivity index (χ4n) is 2.72. The van der Waals surface area contributed by atoms with Crippen LogP contribution in [0.4, 0.5) is 9.59 Å². The zero-order valence-electron chi connectivity index (χ0n) is 15.6. The van der Waals surface area contributed by atoms with Crippen LogP contribution in [0, 0.1) is 5.92 Å². The summed E-state index contributed by atoms with van der Waals surface area (Å²) < 4.78 is 6.01. The van der Waals surface area contributed by atoms with E-state index in [4.69, 9.17) is 79.1 Å². The summed E-state index contributed by atoms with van der Waals surface area (Å²) in [5.41, 5.74) is 2.63. The second kappa shape index (κ2) is 11.2. The van der Waals surface area contributed by atoms with Crippen LogP contribution in [0.25, 0.3) is 0 Å². The Labute approximate surface area is 208 Å². The Morgan fingerprint density at radius 2 is 1.55 bits per heavy atom. The van der Waals surface area contributed by atoms with Crippen molar-refractivity contribution in [2.45, 2.75) is 20.0 Å². The number of benzene rings is 1. The molecular weight excluding hydrogens is 537 g/mol. The predicted octanol–water partition coefficient (Wildman–Crippen LogP) is 5.63. The van der Waals surface area contributed by atoms with Gasteiger partial charge in [-0.25, -0.2) is 20.0 Å². The highest BCUT2D eigenvalue weighted by molar-refractivity contribution is 6.68. The van der Waals surface area contributed by atoms with E-state index in [1.165, 1.54) is 0 Å². The number of carbonyl (C=O) groups excluding carboxylic acids is 3. The number of hydrogen-bond acceptors (Lipinski definition) is 5. The van der Waals surface area contributed by atoms with Crippen molar-refractivity contribution in [2.75, 3.05) is 13.2 Å². The molecule has 0 heterocycles. The van der Waals surface area contributed by atoms with Crippen molar-refractivity contribution in [1.29, 1.82) is 0 Å². The Morgan fingerprint density at radius 1 is 0.968 bits per heavy atom. The monoisotopic (exact) mass is 550 g/mol. The Bertz CT molecular complexity index is 825. The van der Waals surface area contributed by atoms with Gasteiger partial charge in [0.15, 0.2) is 5.78 Å². The van der Waals surface area contributed by atoms with Crippen molar-refractivity contribution < 1.29 is 23.9 Å². The summed E-state index contributed by atoms with van der Waals surface area (Å²) in [6.07, 6.45) is 1.37. The van der Waals surface area contributed by atoms with Gasteiger partial charge in [-0.3, -0.25) is 4.79 Å². The third kappa shape index (κ3) is 8.75. The first-order chi connectivity index (χ1) is 14.4. The second-order valence-corrected chi connectivity index (χ2v) is 11.4. The zero-order valence-corrected chi connectivity index (χ0v) is 20.1. The van der Waals surface area contributed by atoms with Crippen LogP contribution in [-0.4, -0.2) is 49.8 Å². The molecule has 0 spiro atoms. The van der Waals surface area contributed by atoms with Crippen molar-refractivity contribution >= 4 is 87.6 Å². The van der Waals surface area contributed by atoms with E-state index in [-0.39, 0.29) is 12.2 Å². The number of amides is 2. The minimum absolute atomic E-state index is 0.233. The molecule has 2 atom stereocenters. The van der Waals surface area contributed by atoms with E-state index in [1.54, 1.807) is 42.5 Å². The highest BCUT2D eigenvalue weighted by Crippen LogP contribution is 2.30. The summed E-state index contributed by atoms with van der Waals surface area (Å²) in [7, 11) is 0. The van der Waals surface area contributed by atoms with E-state index in [2.05, 4.69) is 5.43 Å². The molecule has 7 nitrogen and oxygen atoms in total. The Hall–Kier alpha value is -1.09. The Balaban J connectivity index is 2.20. The molecule has 0 radical (unpaired) electrons. The summed E-state index contributed by atoms with van der Waals surface area (Å²) in [6, 6.07) is 7.62. The lowest BCUT2D eigenvalue weighted by molar-refractivity contribution is 0.0445. The lowest BCUT2D eigenvalue weighted by Crippen LogP contribution is -2.55.